The Morgan fingerprint density at radius 3 is 2.76 bits per heavy atom. The molecule has 21 heavy (non-hydrogen) atoms. The number of hydrogen-bond acceptors (Lipinski definition) is 2. The Hall–Kier alpha value is -1.80. The highest BCUT2D eigenvalue weighted by Crippen LogP contribution is 2.27. The summed E-state index contributed by atoms with van der Waals surface area (Å²) in [6, 6.07) is 13.2. The van der Waals surface area contributed by atoms with Gasteiger partial charge in [-0.15, -0.1) is 0 Å². The molecule has 2 N–H and O–H groups in total. The minimum absolute atomic E-state index is 0.105. The van der Waals surface area contributed by atoms with Gasteiger partial charge in [0.25, 0.3) is 0 Å². The summed E-state index contributed by atoms with van der Waals surface area (Å²) in [5.74, 6) is 1.05. The molecule has 0 fully saturated rings. The molecule has 1 heterocycles. The van der Waals surface area contributed by atoms with Crippen molar-refractivity contribution in [2.45, 2.75) is 39.2 Å². The molecule has 2 aromatic rings. The molecule has 0 spiro atoms. The maximum atomic E-state index is 6.35. The Morgan fingerprint density at radius 2 is 1.95 bits per heavy atom. The molecule has 3 rings (SSSR count). The van der Waals surface area contributed by atoms with Gasteiger partial charge in [0.15, 0.2) is 0 Å². The van der Waals surface area contributed by atoms with Crippen LogP contribution >= 0.6 is 0 Å². The molecule has 0 aliphatic carbocycles. The third-order valence-corrected chi connectivity index (χ3v) is 4.46. The summed E-state index contributed by atoms with van der Waals surface area (Å²) in [7, 11) is 0. The Kier molecular flexibility index (Phi) is 3.98. The van der Waals surface area contributed by atoms with Crippen LogP contribution in [-0.4, -0.2) is 6.61 Å². The van der Waals surface area contributed by atoms with Gasteiger partial charge >= 0.3 is 0 Å². The van der Waals surface area contributed by atoms with Gasteiger partial charge in [-0.2, -0.15) is 0 Å². The molecule has 0 saturated heterocycles. The lowest BCUT2D eigenvalue weighted by Crippen LogP contribution is -2.11. The summed E-state index contributed by atoms with van der Waals surface area (Å²) in [5, 5.41) is 0. The van der Waals surface area contributed by atoms with Crippen molar-refractivity contribution >= 4 is 0 Å². The first-order valence-corrected chi connectivity index (χ1v) is 7.71. The second-order valence-electron chi connectivity index (χ2n) is 6.03. The average molecular weight is 281 g/mol. The molecule has 0 saturated carbocycles. The molecule has 0 radical (unpaired) electrons. The molecule has 1 aliphatic rings. The summed E-state index contributed by atoms with van der Waals surface area (Å²) in [6.45, 7) is 5.10. The first kappa shape index (κ1) is 14.2. The predicted molar refractivity (Wildman–Crippen MR) is 86.8 cm³/mol. The van der Waals surface area contributed by atoms with E-state index in [2.05, 4.69) is 50.2 Å². The van der Waals surface area contributed by atoms with Crippen molar-refractivity contribution in [2.75, 3.05) is 6.61 Å². The van der Waals surface area contributed by atoms with E-state index in [1.54, 1.807) is 0 Å². The first-order chi connectivity index (χ1) is 10.1. The van der Waals surface area contributed by atoms with E-state index < -0.39 is 0 Å². The molecule has 1 atom stereocenters. The highest BCUT2D eigenvalue weighted by atomic mass is 16.5. The van der Waals surface area contributed by atoms with E-state index in [0.29, 0.717) is 0 Å². The van der Waals surface area contributed by atoms with E-state index in [1.165, 1.54) is 27.8 Å². The largest absolute Gasteiger partial charge is 0.493 e. The standard InChI is InChI=1S/C19H23NO/c1-13-3-6-16(11-14(13)2)18(20)7-4-15-5-8-19-17(12-15)9-10-21-19/h3,5-6,8,11-12,18H,4,7,9-10,20H2,1-2H3. The highest BCUT2D eigenvalue weighted by Gasteiger charge is 2.13. The molecule has 2 heteroatoms. The minimum Gasteiger partial charge on any atom is -0.493 e. The summed E-state index contributed by atoms with van der Waals surface area (Å²) in [6.07, 6.45) is 3.02. The van der Waals surface area contributed by atoms with Crippen LogP contribution in [0, 0.1) is 13.8 Å². The van der Waals surface area contributed by atoms with Crippen LogP contribution in [0.3, 0.4) is 0 Å². The zero-order chi connectivity index (χ0) is 14.8. The van der Waals surface area contributed by atoms with E-state index in [9.17, 15) is 0 Å². The van der Waals surface area contributed by atoms with Gasteiger partial charge in [0.1, 0.15) is 5.75 Å². The maximum Gasteiger partial charge on any atom is 0.122 e. The first-order valence-electron chi connectivity index (χ1n) is 7.71. The molecule has 110 valence electrons. The van der Waals surface area contributed by atoms with Crippen molar-refractivity contribution in [3.05, 3.63) is 64.2 Å². The fourth-order valence-electron chi connectivity index (χ4n) is 2.88. The lowest BCUT2D eigenvalue weighted by atomic mass is 9.96. The summed E-state index contributed by atoms with van der Waals surface area (Å²) in [4.78, 5) is 0. The van der Waals surface area contributed by atoms with Crippen LogP contribution in [0.2, 0.25) is 0 Å². The zero-order valence-corrected chi connectivity index (χ0v) is 12.9. The van der Waals surface area contributed by atoms with Gasteiger partial charge in [-0.1, -0.05) is 30.3 Å². The van der Waals surface area contributed by atoms with Gasteiger partial charge < -0.3 is 10.5 Å². The SMILES string of the molecule is Cc1ccc(C(N)CCc2ccc3c(c2)CCO3)cc1C. The van der Waals surface area contributed by atoms with Crippen molar-refractivity contribution in [3.63, 3.8) is 0 Å². The molecular formula is C19H23NO. The smallest absolute Gasteiger partial charge is 0.122 e. The second kappa shape index (κ2) is 5.90. The fourth-order valence-corrected chi connectivity index (χ4v) is 2.88. The Bertz CT molecular complexity index is 648. The van der Waals surface area contributed by atoms with Crippen LogP contribution in [0.15, 0.2) is 36.4 Å². The van der Waals surface area contributed by atoms with E-state index >= 15 is 0 Å². The number of hydrogen-bond donors (Lipinski definition) is 1. The highest BCUT2D eigenvalue weighted by molar-refractivity contribution is 5.40. The average Bonchev–Trinajstić information content (AvgIpc) is 2.95. The molecule has 0 amide bonds. The molecule has 1 aliphatic heterocycles. The lowest BCUT2D eigenvalue weighted by Gasteiger charge is -2.14. The zero-order valence-electron chi connectivity index (χ0n) is 12.9. The maximum absolute atomic E-state index is 6.35. The third kappa shape index (κ3) is 3.11. The second-order valence-corrected chi connectivity index (χ2v) is 6.03. The Balaban J connectivity index is 1.65. The van der Waals surface area contributed by atoms with Gasteiger partial charge in [0, 0.05) is 12.5 Å². The molecule has 2 aromatic carbocycles. The van der Waals surface area contributed by atoms with E-state index in [1.807, 2.05) is 0 Å². The third-order valence-electron chi connectivity index (χ3n) is 4.46. The van der Waals surface area contributed by atoms with E-state index in [4.69, 9.17) is 10.5 Å². The Labute approximate surface area is 126 Å². The van der Waals surface area contributed by atoms with Crippen molar-refractivity contribution in [1.29, 1.82) is 0 Å². The number of benzene rings is 2. The van der Waals surface area contributed by atoms with Crippen LogP contribution in [0.25, 0.3) is 0 Å². The molecule has 0 bridgehead atoms. The lowest BCUT2D eigenvalue weighted by molar-refractivity contribution is 0.357. The van der Waals surface area contributed by atoms with Crippen LogP contribution in [0.4, 0.5) is 0 Å². The van der Waals surface area contributed by atoms with Crippen molar-refractivity contribution < 1.29 is 4.74 Å². The number of rotatable bonds is 4. The topological polar surface area (TPSA) is 35.2 Å². The molecule has 2 nitrogen and oxygen atoms in total. The van der Waals surface area contributed by atoms with Gasteiger partial charge in [0.05, 0.1) is 6.61 Å². The summed E-state index contributed by atoms with van der Waals surface area (Å²) < 4.78 is 5.55. The fraction of sp³-hybridized carbons (Fsp3) is 0.368. The van der Waals surface area contributed by atoms with Crippen LogP contribution < -0.4 is 10.5 Å². The van der Waals surface area contributed by atoms with Gasteiger partial charge in [-0.05, 0) is 60.6 Å². The molecular weight excluding hydrogens is 258 g/mol. The summed E-state index contributed by atoms with van der Waals surface area (Å²) >= 11 is 0. The monoisotopic (exact) mass is 281 g/mol. The van der Waals surface area contributed by atoms with Crippen LogP contribution in [0.5, 0.6) is 5.75 Å². The van der Waals surface area contributed by atoms with Crippen molar-refractivity contribution in [1.82, 2.24) is 0 Å². The Morgan fingerprint density at radius 1 is 1.10 bits per heavy atom. The van der Waals surface area contributed by atoms with Gasteiger partial charge in [-0.25, -0.2) is 0 Å². The molecule has 1 unspecified atom stereocenters. The molecule has 0 aromatic heterocycles. The number of fused-ring (bicyclic) bond motifs is 1. The summed E-state index contributed by atoms with van der Waals surface area (Å²) in [5.41, 5.74) is 12.9. The van der Waals surface area contributed by atoms with Crippen LogP contribution in [-0.2, 0) is 12.8 Å². The van der Waals surface area contributed by atoms with Gasteiger partial charge in [-0.3, -0.25) is 0 Å². The number of nitrogens with two attached hydrogens (primary N) is 1. The van der Waals surface area contributed by atoms with Crippen molar-refractivity contribution in [2.24, 2.45) is 5.73 Å². The predicted octanol–water partition coefficient (Wildman–Crippen LogP) is 3.87. The van der Waals surface area contributed by atoms with Gasteiger partial charge in [0.2, 0.25) is 0 Å². The van der Waals surface area contributed by atoms with E-state index in [-0.39, 0.29) is 6.04 Å². The number of aryl methyl sites for hydroxylation is 3. The van der Waals surface area contributed by atoms with Crippen molar-refractivity contribution in [3.8, 4) is 5.75 Å². The minimum atomic E-state index is 0.105. The van der Waals surface area contributed by atoms with Crippen LogP contribution in [0.1, 0.15) is 40.3 Å². The number of ether oxygens (including phenoxy) is 1. The quantitative estimate of drug-likeness (QED) is 0.923. The normalized spacial score (nSPS) is 14.6. The van der Waals surface area contributed by atoms with E-state index in [0.717, 1.165) is 31.6 Å².